The number of carbonyl (C=O) groups excluding carboxylic acids is 1. The highest BCUT2D eigenvalue weighted by molar-refractivity contribution is 7.88. The molecule has 0 radical (unpaired) electrons. The van der Waals surface area contributed by atoms with Crippen LogP contribution in [0.1, 0.15) is 19.3 Å². The number of piperidine rings is 1. The van der Waals surface area contributed by atoms with Crippen molar-refractivity contribution in [1.82, 2.24) is 19.4 Å². The second-order valence-electron chi connectivity index (χ2n) is 5.37. The van der Waals surface area contributed by atoms with Crippen molar-refractivity contribution in [2.24, 2.45) is 5.92 Å². The minimum absolute atomic E-state index is 0.0520. The van der Waals surface area contributed by atoms with Crippen molar-refractivity contribution in [2.45, 2.75) is 25.8 Å². The number of rotatable bonds is 6. The van der Waals surface area contributed by atoms with Gasteiger partial charge in [0, 0.05) is 38.6 Å². The fourth-order valence-corrected chi connectivity index (χ4v) is 3.40. The summed E-state index contributed by atoms with van der Waals surface area (Å²) in [6.07, 6.45) is 7.08. The van der Waals surface area contributed by atoms with Gasteiger partial charge in [0.05, 0.1) is 12.2 Å². The maximum atomic E-state index is 12.1. The molecule has 2 rings (SSSR count). The lowest BCUT2D eigenvalue weighted by molar-refractivity contribution is -0.126. The fourth-order valence-electron chi connectivity index (χ4n) is 2.49. The van der Waals surface area contributed by atoms with Gasteiger partial charge in [-0.1, -0.05) is 0 Å². The standard InChI is InChI=1S/C13H22N4O3S/c1-21(19,20)17-10-2-5-12(11-17)13(18)14-6-3-8-16-9-4-7-15-16/h4,7,9,12H,2-3,5-6,8,10-11H2,1H3,(H,14,18)/t12-/m0/s1. The van der Waals surface area contributed by atoms with E-state index >= 15 is 0 Å². The lowest BCUT2D eigenvalue weighted by Crippen LogP contribution is -2.45. The van der Waals surface area contributed by atoms with Crippen LogP contribution >= 0.6 is 0 Å². The lowest BCUT2D eigenvalue weighted by Gasteiger charge is -2.30. The van der Waals surface area contributed by atoms with Crippen molar-refractivity contribution in [1.29, 1.82) is 0 Å². The average Bonchev–Trinajstić information content (AvgIpc) is 2.96. The van der Waals surface area contributed by atoms with Gasteiger partial charge in [-0.2, -0.15) is 5.10 Å². The number of amides is 1. The van der Waals surface area contributed by atoms with Gasteiger partial charge in [-0.15, -0.1) is 0 Å². The highest BCUT2D eigenvalue weighted by Gasteiger charge is 2.29. The zero-order chi connectivity index (χ0) is 15.3. The lowest BCUT2D eigenvalue weighted by atomic mass is 9.99. The molecule has 0 bridgehead atoms. The van der Waals surface area contributed by atoms with Gasteiger partial charge in [-0.25, -0.2) is 12.7 Å². The van der Waals surface area contributed by atoms with E-state index in [1.165, 1.54) is 10.6 Å². The van der Waals surface area contributed by atoms with Crippen LogP contribution < -0.4 is 5.32 Å². The molecule has 0 saturated carbocycles. The molecular weight excluding hydrogens is 292 g/mol. The van der Waals surface area contributed by atoms with Crippen LogP contribution in [0.4, 0.5) is 0 Å². The van der Waals surface area contributed by atoms with Crippen LogP contribution in [0, 0.1) is 5.92 Å². The molecule has 1 N–H and O–H groups in total. The number of nitrogens with one attached hydrogen (secondary N) is 1. The van der Waals surface area contributed by atoms with Crippen molar-refractivity contribution in [2.75, 3.05) is 25.9 Å². The third kappa shape index (κ3) is 4.82. The van der Waals surface area contributed by atoms with Crippen LogP contribution in [-0.4, -0.2) is 54.3 Å². The average molecular weight is 314 g/mol. The van der Waals surface area contributed by atoms with Gasteiger partial charge in [0.1, 0.15) is 0 Å². The maximum absolute atomic E-state index is 12.1. The topological polar surface area (TPSA) is 84.3 Å². The Morgan fingerprint density at radius 3 is 2.95 bits per heavy atom. The van der Waals surface area contributed by atoms with Gasteiger partial charge in [0.15, 0.2) is 0 Å². The number of sulfonamides is 1. The normalized spacial score (nSPS) is 20.3. The van der Waals surface area contributed by atoms with Gasteiger partial charge in [-0.05, 0) is 25.3 Å². The second kappa shape index (κ2) is 7.04. The number of nitrogens with zero attached hydrogens (tertiary/aromatic N) is 3. The van der Waals surface area contributed by atoms with Gasteiger partial charge in [-0.3, -0.25) is 9.48 Å². The van der Waals surface area contributed by atoms with Crippen molar-refractivity contribution in [3.63, 3.8) is 0 Å². The summed E-state index contributed by atoms with van der Waals surface area (Å²) in [5.74, 6) is -0.290. The predicted octanol–water partition coefficient (Wildman–Crippen LogP) is 0.0610. The summed E-state index contributed by atoms with van der Waals surface area (Å²) in [6, 6.07) is 1.86. The predicted molar refractivity (Wildman–Crippen MR) is 79.0 cm³/mol. The van der Waals surface area contributed by atoms with E-state index < -0.39 is 10.0 Å². The number of aryl methyl sites for hydroxylation is 1. The first-order chi connectivity index (χ1) is 9.97. The Bertz CT molecular complexity index is 556. The molecular formula is C13H22N4O3S. The monoisotopic (exact) mass is 314 g/mol. The SMILES string of the molecule is CS(=O)(=O)N1CCC[C@H](C(=O)NCCCn2cccn2)C1. The van der Waals surface area contributed by atoms with Crippen LogP contribution in [0.15, 0.2) is 18.5 Å². The molecule has 118 valence electrons. The molecule has 21 heavy (non-hydrogen) atoms. The van der Waals surface area contributed by atoms with Gasteiger partial charge >= 0.3 is 0 Å². The van der Waals surface area contributed by atoms with Gasteiger partial charge < -0.3 is 5.32 Å². The Balaban J connectivity index is 1.72. The summed E-state index contributed by atoms with van der Waals surface area (Å²) >= 11 is 0. The smallest absolute Gasteiger partial charge is 0.224 e. The third-order valence-corrected chi connectivity index (χ3v) is 4.92. The van der Waals surface area contributed by atoms with Crippen molar-refractivity contribution in [3.05, 3.63) is 18.5 Å². The van der Waals surface area contributed by atoms with E-state index in [-0.39, 0.29) is 11.8 Å². The maximum Gasteiger partial charge on any atom is 0.224 e. The van der Waals surface area contributed by atoms with Crippen molar-refractivity contribution in [3.8, 4) is 0 Å². The molecule has 2 heterocycles. The largest absolute Gasteiger partial charge is 0.356 e. The second-order valence-corrected chi connectivity index (χ2v) is 7.36. The van der Waals surface area contributed by atoms with Gasteiger partial charge in [0.25, 0.3) is 0 Å². The van der Waals surface area contributed by atoms with Crippen LogP contribution in [-0.2, 0) is 21.4 Å². The highest BCUT2D eigenvalue weighted by atomic mass is 32.2. The molecule has 7 nitrogen and oxygen atoms in total. The minimum Gasteiger partial charge on any atom is -0.356 e. The summed E-state index contributed by atoms with van der Waals surface area (Å²) in [4.78, 5) is 12.1. The molecule has 0 aromatic carbocycles. The minimum atomic E-state index is -3.21. The van der Waals surface area contributed by atoms with E-state index in [0.717, 1.165) is 25.8 Å². The summed E-state index contributed by atoms with van der Waals surface area (Å²) < 4.78 is 26.3. The van der Waals surface area contributed by atoms with Crippen LogP contribution in [0.3, 0.4) is 0 Å². The Morgan fingerprint density at radius 2 is 2.29 bits per heavy atom. The van der Waals surface area contributed by atoms with E-state index in [1.807, 2.05) is 16.9 Å². The molecule has 1 aliphatic rings. The first-order valence-electron chi connectivity index (χ1n) is 7.17. The summed E-state index contributed by atoms with van der Waals surface area (Å²) in [7, 11) is -3.21. The summed E-state index contributed by atoms with van der Waals surface area (Å²) in [5.41, 5.74) is 0. The zero-order valence-corrected chi connectivity index (χ0v) is 13.1. The van der Waals surface area contributed by atoms with Crippen LogP contribution in [0.2, 0.25) is 0 Å². The molecule has 1 amide bonds. The first-order valence-corrected chi connectivity index (χ1v) is 9.02. The van der Waals surface area contributed by atoms with Crippen LogP contribution in [0.5, 0.6) is 0 Å². The summed E-state index contributed by atoms with van der Waals surface area (Å²) in [5, 5.41) is 6.98. The van der Waals surface area contributed by atoms with E-state index in [9.17, 15) is 13.2 Å². The fraction of sp³-hybridized carbons (Fsp3) is 0.692. The molecule has 1 fully saturated rings. The molecule has 1 aromatic rings. The first kappa shape index (κ1) is 16.0. The zero-order valence-electron chi connectivity index (χ0n) is 12.2. The number of carbonyl (C=O) groups is 1. The van der Waals surface area contributed by atoms with Crippen molar-refractivity contribution < 1.29 is 13.2 Å². The Hall–Kier alpha value is -1.41. The van der Waals surface area contributed by atoms with E-state index in [4.69, 9.17) is 0 Å². The molecule has 8 heteroatoms. The molecule has 1 aromatic heterocycles. The van der Waals surface area contributed by atoms with E-state index in [2.05, 4.69) is 10.4 Å². The van der Waals surface area contributed by atoms with E-state index in [1.54, 1.807) is 6.20 Å². The van der Waals surface area contributed by atoms with Crippen LogP contribution in [0.25, 0.3) is 0 Å². The highest BCUT2D eigenvalue weighted by Crippen LogP contribution is 2.18. The number of aromatic nitrogens is 2. The third-order valence-electron chi connectivity index (χ3n) is 3.65. The van der Waals surface area contributed by atoms with Gasteiger partial charge in [0.2, 0.25) is 15.9 Å². The quantitative estimate of drug-likeness (QED) is 0.753. The number of hydrogen-bond donors (Lipinski definition) is 1. The molecule has 1 saturated heterocycles. The van der Waals surface area contributed by atoms with E-state index in [0.29, 0.717) is 19.6 Å². The van der Waals surface area contributed by atoms with Crippen molar-refractivity contribution >= 4 is 15.9 Å². The molecule has 1 aliphatic heterocycles. The summed E-state index contributed by atoms with van der Waals surface area (Å²) in [6.45, 7) is 2.15. The molecule has 0 aliphatic carbocycles. The Labute approximate surface area is 125 Å². The Morgan fingerprint density at radius 1 is 1.48 bits per heavy atom. The molecule has 0 spiro atoms. The molecule has 0 unspecified atom stereocenters. The Kier molecular flexibility index (Phi) is 5.35. The molecule has 1 atom stereocenters. The number of hydrogen-bond acceptors (Lipinski definition) is 4.